The Hall–Kier alpha value is -10.8. The fourth-order valence-corrected chi connectivity index (χ4v) is 23.8. The molecular formula is C113H138N12O8. The van der Waals surface area contributed by atoms with E-state index in [2.05, 4.69) is 267 Å². The van der Waals surface area contributed by atoms with Gasteiger partial charge >= 0.3 is 12.1 Å². The molecule has 20 rings (SSSR count). The van der Waals surface area contributed by atoms with Gasteiger partial charge in [-0.1, -0.05) is 220 Å². The van der Waals surface area contributed by atoms with E-state index in [1.54, 1.807) is 31.9 Å². The van der Waals surface area contributed by atoms with Crippen LogP contribution in [0.5, 0.6) is 0 Å². The average Bonchev–Trinajstić information content (AvgIpc) is 1.26. The highest BCUT2D eigenvalue weighted by molar-refractivity contribution is 5.94. The van der Waals surface area contributed by atoms with Crippen molar-refractivity contribution in [2.45, 2.75) is 215 Å². The van der Waals surface area contributed by atoms with E-state index in [0.29, 0.717) is 54.3 Å². The predicted molar refractivity (Wildman–Crippen MR) is 530 cm³/mol. The first kappa shape index (κ1) is 94.0. The average molecular weight is 1790 g/mol. The van der Waals surface area contributed by atoms with Crippen LogP contribution in [0.15, 0.2) is 243 Å². The van der Waals surface area contributed by atoms with Gasteiger partial charge in [0.2, 0.25) is 0 Å². The first-order chi connectivity index (χ1) is 65.1. The summed E-state index contributed by atoms with van der Waals surface area (Å²) in [6, 6.07) is 79.5. The summed E-state index contributed by atoms with van der Waals surface area (Å²) in [5, 5.41) is 37.2. The fraction of sp³-hybridized carbons (Fsp3) is 0.451. The number of hydrogen-bond acceptors (Lipinski definition) is 14. The number of carbonyl (C=O) groups excluding carboxylic acids is 4. The van der Waals surface area contributed by atoms with Crippen LogP contribution in [-0.2, 0) is 4.74 Å². The van der Waals surface area contributed by atoms with Gasteiger partial charge in [-0.15, -0.1) is 0 Å². The lowest BCUT2D eigenvalue weighted by Gasteiger charge is -2.57. The molecule has 2 aliphatic carbocycles. The minimum Gasteiger partial charge on any atom is -0.395 e. The second kappa shape index (κ2) is 44.6. The smallest absolute Gasteiger partial charge is 0.317 e. The number of rotatable bonds is 17. The summed E-state index contributed by atoms with van der Waals surface area (Å²) < 4.78 is 5.66. The second-order valence-electron chi connectivity index (χ2n) is 38.9. The highest BCUT2D eigenvalue weighted by atomic mass is 16.5. The van der Waals surface area contributed by atoms with E-state index >= 15 is 0 Å². The molecule has 0 spiro atoms. The molecule has 10 heterocycles. The summed E-state index contributed by atoms with van der Waals surface area (Å²) >= 11 is 0. The quantitative estimate of drug-likeness (QED) is 0.0574. The van der Waals surface area contributed by atoms with Gasteiger partial charge in [-0.3, -0.25) is 39.2 Å². The normalized spacial score (nSPS) is 24.6. The number of aliphatic hydroxyl groups is 3. The Bertz CT molecular complexity index is 5290. The Balaban J connectivity index is 0.000000124. The molecule has 2 saturated carbocycles. The predicted octanol–water partition coefficient (Wildman–Crippen LogP) is 18.0. The molecule has 0 unspecified atom stereocenters. The zero-order valence-electron chi connectivity index (χ0n) is 78.7. The Morgan fingerprint density at radius 2 is 0.586 bits per heavy atom. The van der Waals surface area contributed by atoms with Crippen molar-refractivity contribution in [3.8, 4) is 44.5 Å². The number of aryl methyl sites for hydroxylation is 4. The van der Waals surface area contributed by atoms with Gasteiger partial charge in [0.05, 0.1) is 37.6 Å². The molecule has 0 bridgehead atoms. The molecule has 133 heavy (non-hydrogen) atoms. The van der Waals surface area contributed by atoms with E-state index < -0.39 is 0 Å². The number of nitrogens with zero attached hydrogens (tertiary/aromatic N) is 10. The minimum absolute atomic E-state index is 0.0473. The number of carbonyl (C=O) groups is 4. The van der Waals surface area contributed by atoms with Crippen molar-refractivity contribution in [2.24, 2.45) is 0 Å². The third-order valence-corrected chi connectivity index (χ3v) is 31.0. The van der Waals surface area contributed by atoms with Crippen molar-refractivity contribution >= 4 is 23.9 Å². The van der Waals surface area contributed by atoms with Crippen molar-refractivity contribution in [3.05, 3.63) is 299 Å². The van der Waals surface area contributed by atoms with Crippen molar-refractivity contribution in [2.75, 3.05) is 112 Å². The van der Waals surface area contributed by atoms with Crippen LogP contribution in [0.4, 0.5) is 9.59 Å². The van der Waals surface area contributed by atoms with E-state index in [4.69, 9.17) is 4.74 Å². The maximum Gasteiger partial charge on any atom is 0.317 e. The molecule has 10 aliphatic rings. The Morgan fingerprint density at radius 3 is 0.857 bits per heavy atom. The molecule has 2 aromatic heterocycles. The van der Waals surface area contributed by atoms with Gasteiger partial charge in [0.25, 0.3) is 11.8 Å². The molecule has 20 nitrogen and oxygen atoms in total. The summed E-state index contributed by atoms with van der Waals surface area (Å²) in [4.78, 5) is 78.8. The maximum absolute atomic E-state index is 13.2. The molecule has 12 atom stereocenters. The van der Waals surface area contributed by atoms with Crippen LogP contribution in [0.3, 0.4) is 0 Å². The number of ether oxygens (including phenoxy) is 1. The molecule has 0 radical (unpaired) electrons. The van der Waals surface area contributed by atoms with Crippen LogP contribution in [0.25, 0.3) is 44.5 Å². The van der Waals surface area contributed by atoms with E-state index in [1.165, 1.54) is 115 Å². The molecule has 8 aromatic carbocycles. The van der Waals surface area contributed by atoms with Crippen molar-refractivity contribution in [3.63, 3.8) is 0 Å². The molecule has 20 heteroatoms. The standard InChI is InChI=1S/C29H39N3O2.C28H37N3O2.2C28H31N3O2/c1-21-9-3-6-12-25(21)22-13-15-23(16-14-22)28-26-19-31(29(33)30-24-10-4-5-11-24)17-7-8-18-32(26)27(28)20-34-2;1-20-8-2-5-11-24(20)21-12-14-22(15-13-21)27-25-18-30(28(33)29-23-9-3-4-10-23)16-6-7-17-31(25)26(27)19-32;2*1-20-7-2-3-9-24(20)21-10-12-22(13-11-21)27-25-18-30(28(33)23-8-6-14-29-17-23)15-4-5-16-31(25)26(27)19-32/h3,6,9,12-16,24,26-28H,4-5,7-8,10-11,17-20H2,1-2H3,(H,30,33);2,5,8,11-15,23,25-27,32H,3-4,6-7,9-10,16-19H2,1H3,(H,29,33);2*2-3,6-14,17,25-27,32H,4-5,15-16,18-19H2,1H3/t26-,27-,28+;25-,26-,27+;2*25-,26-,27-/m1111/s1. The van der Waals surface area contributed by atoms with Crippen molar-refractivity contribution in [1.82, 2.24) is 59.8 Å². The lowest BCUT2D eigenvalue weighted by molar-refractivity contribution is -0.0668. The zero-order valence-corrected chi connectivity index (χ0v) is 78.7. The summed E-state index contributed by atoms with van der Waals surface area (Å²) in [5.74, 6) is 1.15. The lowest BCUT2D eigenvalue weighted by atomic mass is 9.74. The van der Waals surface area contributed by atoms with Gasteiger partial charge in [0.15, 0.2) is 0 Å². The van der Waals surface area contributed by atoms with E-state index in [9.17, 15) is 34.5 Å². The molecular weight excluding hydrogens is 1650 g/mol. The Kier molecular flexibility index (Phi) is 31.5. The third-order valence-electron chi connectivity index (χ3n) is 31.0. The van der Waals surface area contributed by atoms with E-state index in [0.717, 1.165) is 149 Å². The van der Waals surface area contributed by atoms with Gasteiger partial charge in [0, 0.05) is 168 Å². The number of hydrogen-bond donors (Lipinski definition) is 5. The molecule has 10 fully saturated rings. The highest BCUT2D eigenvalue weighted by Crippen LogP contribution is 2.48. The first-order valence-electron chi connectivity index (χ1n) is 49.6. The number of aliphatic hydroxyl groups excluding tert-OH is 3. The molecule has 698 valence electrons. The van der Waals surface area contributed by atoms with Crippen LogP contribution < -0.4 is 10.6 Å². The molecule has 6 amide bonds. The van der Waals surface area contributed by atoms with Crippen LogP contribution >= 0.6 is 0 Å². The number of nitrogens with one attached hydrogen (secondary N) is 2. The fourth-order valence-electron chi connectivity index (χ4n) is 23.8. The number of methoxy groups -OCH3 is 1. The third kappa shape index (κ3) is 21.3. The highest BCUT2D eigenvalue weighted by Gasteiger charge is 2.54. The first-order valence-corrected chi connectivity index (χ1v) is 49.6. The van der Waals surface area contributed by atoms with Crippen LogP contribution in [-0.4, -0.2) is 261 Å². The number of aromatic nitrogens is 2. The van der Waals surface area contributed by atoms with E-state index in [1.807, 2.05) is 39.0 Å². The van der Waals surface area contributed by atoms with Gasteiger partial charge in [-0.25, -0.2) is 9.59 Å². The molecule has 10 aromatic rings. The summed E-state index contributed by atoms with van der Waals surface area (Å²) in [7, 11) is 1.80. The number of urea groups is 2. The molecule has 8 saturated heterocycles. The molecule has 5 N–H and O–H groups in total. The lowest BCUT2D eigenvalue weighted by Crippen LogP contribution is -2.68. The van der Waals surface area contributed by atoms with Crippen LogP contribution in [0, 0.1) is 27.7 Å². The number of pyridine rings is 2. The van der Waals surface area contributed by atoms with Crippen LogP contribution in [0.2, 0.25) is 0 Å². The zero-order chi connectivity index (χ0) is 91.9. The summed E-state index contributed by atoms with van der Waals surface area (Å²) in [6.07, 6.45) is 24.4. The second-order valence-corrected chi connectivity index (χ2v) is 38.9. The molecule has 8 aliphatic heterocycles. The SMILES string of the molecule is COC[C@@H]1[C@@H](c2ccc(-c3ccccc3C)cc2)[C@H]2CN(C(=O)NC3CCCC3)CCCCN12.Cc1ccccc1-c1ccc([C@@H]2[C@@H](CO)N3CCCCN(C(=O)NC4CCCC4)C[C@H]23)cc1.Cc1ccccc1-c1ccc([C@H]2[C@@H](CO)N3CCCCN(C(=O)c4cccnc4)C[C@H]23)cc1.Cc1ccccc1-c1ccc([C@H]2[C@@H](CO)N3CCCCN(C(=O)c4cccnc4)C[C@H]23)cc1. The van der Waals surface area contributed by atoms with Gasteiger partial charge < -0.3 is 50.3 Å². The van der Waals surface area contributed by atoms with Gasteiger partial charge in [0.1, 0.15) is 0 Å². The Labute approximate surface area is 788 Å². The topological polar surface area (TPSA) is 214 Å². The van der Waals surface area contributed by atoms with Crippen LogP contribution in [0.1, 0.15) is 192 Å². The van der Waals surface area contributed by atoms with Crippen molar-refractivity contribution in [1.29, 1.82) is 0 Å². The minimum atomic E-state index is 0.0473. The number of fused-ring (bicyclic) bond motifs is 4. The number of amides is 6. The number of benzene rings is 8. The van der Waals surface area contributed by atoms with Gasteiger partial charge in [-0.05, 0) is 244 Å². The van der Waals surface area contributed by atoms with Gasteiger partial charge in [-0.2, -0.15) is 0 Å². The monoisotopic (exact) mass is 1790 g/mol. The summed E-state index contributed by atoms with van der Waals surface area (Å²) in [5.41, 5.74) is 21.4. The Morgan fingerprint density at radius 1 is 0.323 bits per heavy atom. The van der Waals surface area contributed by atoms with Crippen molar-refractivity contribution < 1.29 is 39.2 Å². The summed E-state index contributed by atoms with van der Waals surface area (Å²) in [6.45, 7) is 19.9. The van der Waals surface area contributed by atoms with E-state index in [-0.39, 0.29) is 97.7 Å². The largest absolute Gasteiger partial charge is 0.395 e. The maximum atomic E-state index is 13.2.